The van der Waals surface area contributed by atoms with E-state index in [1.807, 2.05) is 0 Å². The maximum absolute atomic E-state index is 12.7. The molecule has 0 aliphatic heterocycles. The van der Waals surface area contributed by atoms with Gasteiger partial charge in [-0.25, -0.2) is 4.39 Å². The third-order valence-electron chi connectivity index (χ3n) is 1.38. The molecule has 0 radical (unpaired) electrons. The van der Waals surface area contributed by atoms with Crippen molar-refractivity contribution in [1.29, 1.82) is 0 Å². The molecule has 0 fully saturated rings. The fourth-order valence-electron chi connectivity index (χ4n) is 0.454. The van der Waals surface area contributed by atoms with Crippen molar-refractivity contribution in [2.75, 3.05) is 0 Å². The van der Waals surface area contributed by atoms with Gasteiger partial charge in [0.15, 0.2) is 5.67 Å². The fourth-order valence-corrected chi connectivity index (χ4v) is 0.454. The van der Waals surface area contributed by atoms with Crippen LogP contribution in [0.25, 0.3) is 0 Å². The van der Waals surface area contributed by atoms with Gasteiger partial charge in [-0.3, -0.25) is 0 Å². The number of halogens is 1. The third kappa shape index (κ3) is 1.54. The first-order chi connectivity index (χ1) is 3.68. The Kier molecular flexibility index (Phi) is 2.54. The van der Waals surface area contributed by atoms with Crippen LogP contribution in [0.5, 0.6) is 0 Å². The SMILES string of the molecule is C#CC(F)(CC)CC. The molecule has 0 saturated carbocycles. The van der Waals surface area contributed by atoms with Gasteiger partial charge < -0.3 is 0 Å². The summed E-state index contributed by atoms with van der Waals surface area (Å²) >= 11 is 0. The molecule has 0 atom stereocenters. The Morgan fingerprint density at radius 3 is 1.88 bits per heavy atom. The maximum atomic E-state index is 12.7. The molecular formula is C7H11F. The predicted octanol–water partition coefficient (Wildman–Crippen LogP) is 2.15. The fraction of sp³-hybridized carbons (Fsp3) is 0.714. The van der Waals surface area contributed by atoms with E-state index in [1.165, 1.54) is 0 Å². The lowest BCUT2D eigenvalue weighted by Crippen LogP contribution is -2.16. The summed E-state index contributed by atoms with van der Waals surface area (Å²) in [6.45, 7) is 3.51. The van der Waals surface area contributed by atoms with Crippen molar-refractivity contribution in [1.82, 2.24) is 0 Å². The minimum Gasteiger partial charge on any atom is -0.230 e. The van der Waals surface area contributed by atoms with Crippen molar-refractivity contribution in [3.05, 3.63) is 0 Å². The standard InChI is InChI=1S/C7H11F/c1-4-7(8,5-2)6-3/h1H,5-6H2,2-3H3. The smallest absolute Gasteiger partial charge is 0.170 e. The average Bonchev–Trinajstić information content (AvgIpc) is 1.87. The lowest BCUT2D eigenvalue weighted by atomic mass is 10.0. The minimum atomic E-state index is -1.35. The highest BCUT2D eigenvalue weighted by Gasteiger charge is 2.20. The molecule has 0 aliphatic carbocycles. The van der Waals surface area contributed by atoms with Gasteiger partial charge in [-0.2, -0.15) is 0 Å². The van der Waals surface area contributed by atoms with E-state index in [-0.39, 0.29) is 0 Å². The van der Waals surface area contributed by atoms with E-state index in [2.05, 4.69) is 5.92 Å². The zero-order chi connectivity index (χ0) is 6.62. The van der Waals surface area contributed by atoms with Gasteiger partial charge in [0.1, 0.15) is 0 Å². The van der Waals surface area contributed by atoms with Crippen LogP contribution in [0, 0.1) is 12.3 Å². The maximum Gasteiger partial charge on any atom is 0.170 e. The van der Waals surface area contributed by atoms with Crippen LogP contribution < -0.4 is 0 Å². The summed E-state index contributed by atoms with van der Waals surface area (Å²) in [5, 5.41) is 0. The molecule has 8 heavy (non-hydrogen) atoms. The van der Waals surface area contributed by atoms with Crippen molar-refractivity contribution >= 4 is 0 Å². The van der Waals surface area contributed by atoms with Crippen molar-refractivity contribution in [2.24, 2.45) is 0 Å². The molecule has 0 amide bonds. The Labute approximate surface area is 50.1 Å². The van der Waals surface area contributed by atoms with Crippen LogP contribution in [-0.2, 0) is 0 Å². The highest BCUT2D eigenvalue weighted by Crippen LogP contribution is 2.17. The summed E-state index contributed by atoms with van der Waals surface area (Å²) in [5.74, 6) is 2.11. The van der Waals surface area contributed by atoms with E-state index in [0.29, 0.717) is 12.8 Å². The van der Waals surface area contributed by atoms with Crippen LogP contribution in [0.2, 0.25) is 0 Å². The normalized spacial score (nSPS) is 10.8. The molecule has 0 N–H and O–H groups in total. The Hall–Kier alpha value is -0.510. The molecule has 46 valence electrons. The average molecular weight is 114 g/mol. The van der Waals surface area contributed by atoms with Gasteiger partial charge in [-0.15, -0.1) is 6.42 Å². The molecular weight excluding hydrogens is 103 g/mol. The van der Waals surface area contributed by atoms with Gasteiger partial charge in [-0.05, 0) is 12.8 Å². The van der Waals surface area contributed by atoms with Gasteiger partial charge in [-0.1, -0.05) is 19.8 Å². The number of hydrogen-bond acceptors (Lipinski definition) is 0. The summed E-state index contributed by atoms with van der Waals surface area (Å²) < 4.78 is 12.7. The van der Waals surface area contributed by atoms with E-state index in [0.717, 1.165) is 0 Å². The lowest BCUT2D eigenvalue weighted by Gasteiger charge is -2.12. The van der Waals surface area contributed by atoms with Crippen molar-refractivity contribution in [2.45, 2.75) is 32.4 Å². The molecule has 0 nitrogen and oxygen atoms in total. The van der Waals surface area contributed by atoms with E-state index < -0.39 is 5.67 Å². The van der Waals surface area contributed by atoms with Crippen LogP contribution in [0.1, 0.15) is 26.7 Å². The first kappa shape index (κ1) is 7.49. The van der Waals surface area contributed by atoms with Crippen LogP contribution in [0.15, 0.2) is 0 Å². The molecule has 1 heteroatoms. The van der Waals surface area contributed by atoms with E-state index >= 15 is 0 Å². The summed E-state index contributed by atoms with van der Waals surface area (Å²) in [4.78, 5) is 0. The summed E-state index contributed by atoms with van der Waals surface area (Å²) in [6, 6.07) is 0. The highest BCUT2D eigenvalue weighted by atomic mass is 19.1. The second-order valence-corrected chi connectivity index (χ2v) is 1.82. The molecule has 0 unspecified atom stereocenters. The molecule has 0 bridgehead atoms. The largest absolute Gasteiger partial charge is 0.230 e. The Bertz CT molecular complexity index is 95.4. The molecule has 0 heterocycles. The summed E-state index contributed by atoms with van der Waals surface area (Å²) in [5.41, 5.74) is -1.35. The topological polar surface area (TPSA) is 0 Å². The van der Waals surface area contributed by atoms with Gasteiger partial charge in [0.2, 0.25) is 0 Å². The van der Waals surface area contributed by atoms with E-state index in [4.69, 9.17) is 6.42 Å². The molecule has 0 saturated heterocycles. The van der Waals surface area contributed by atoms with Gasteiger partial charge >= 0.3 is 0 Å². The zero-order valence-electron chi connectivity index (χ0n) is 5.37. The molecule has 0 aliphatic rings. The summed E-state index contributed by atoms with van der Waals surface area (Å²) in [6.07, 6.45) is 5.74. The van der Waals surface area contributed by atoms with Crippen molar-refractivity contribution in [3.8, 4) is 12.3 Å². The number of terminal acetylenes is 1. The van der Waals surface area contributed by atoms with E-state index in [1.54, 1.807) is 13.8 Å². The highest BCUT2D eigenvalue weighted by molar-refractivity contribution is 5.05. The first-order valence-electron chi connectivity index (χ1n) is 2.85. The van der Waals surface area contributed by atoms with E-state index in [9.17, 15) is 4.39 Å². The number of rotatable bonds is 2. The Morgan fingerprint density at radius 1 is 1.50 bits per heavy atom. The second kappa shape index (κ2) is 2.71. The lowest BCUT2D eigenvalue weighted by molar-refractivity contribution is 0.228. The van der Waals surface area contributed by atoms with Gasteiger partial charge in [0.05, 0.1) is 0 Å². The molecule has 0 aromatic carbocycles. The molecule has 0 spiro atoms. The minimum absolute atomic E-state index is 0.417. The number of alkyl halides is 1. The van der Waals surface area contributed by atoms with Crippen LogP contribution in [0.4, 0.5) is 4.39 Å². The quantitative estimate of drug-likeness (QED) is 0.482. The predicted molar refractivity (Wildman–Crippen MR) is 33.3 cm³/mol. The Morgan fingerprint density at radius 2 is 1.88 bits per heavy atom. The van der Waals surface area contributed by atoms with Crippen molar-refractivity contribution < 1.29 is 4.39 Å². The Balaban J connectivity index is 3.83. The second-order valence-electron chi connectivity index (χ2n) is 1.82. The van der Waals surface area contributed by atoms with Crippen molar-refractivity contribution in [3.63, 3.8) is 0 Å². The van der Waals surface area contributed by atoms with Gasteiger partial charge in [0, 0.05) is 0 Å². The van der Waals surface area contributed by atoms with Crippen LogP contribution >= 0.6 is 0 Å². The van der Waals surface area contributed by atoms with Crippen LogP contribution in [-0.4, -0.2) is 5.67 Å². The molecule has 0 aromatic heterocycles. The van der Waals surface area contributed by atoms with Gasteiger partial charge in [0.25, 0.3) is 0 Å². The third-order valence-corrected chi connectivity index (χ3v) is 1.38. The summed E-state index contributed by atoms with van der Waals surface area (Å²) in [7, 11) is 0. The van der Waals surface area contributed by atoms with Crippen LogP contribution in [0.3, 0.4) is 0 Å². The zero-order valence-corrected chi connectivity index (χ0v) is 5.37. The molecule has 0 aromatic rings. The number of hydrogen-bond donors (Lipinski definition) is 0. The first-order valence-corrected chi connectivity index (χ1v) is 2.85. The molecule has 0 rings (SSSR count). The monoisotopic (exact) mass is 114 g/mol.